The third kappa shape index (κ3) is 3.37. The van der Waals surface area contributed by atoms with Gasteiger partial charge in [0.25, 0.3) is 0 Å². The van der Waals surface area contributed by atoms with E-state index in [0.29, 0.717) is 0 Å². The Bertz CT molecular complexity index is 469. The molecule has 4 nitrogen and oxygen atoms in total. The van der Waals surface area contributed by atoms with Crippen LogP contribution in [0.2, 0.25) is 0 Å². The third-order valence-electron chi connectivity index (χ3n) is 3.78. The Balaban J connectivity index is 2.21. The number of ether oxygens (including phenoxy) is 1. The largest absolute Gasteiger partial charge is 0.374 e. The lowest BCUT2D eigenvalue weighted by molar-refractivity contribution is -0.0613. The fraction of sp³-hybridized carbons (Fsp3) is 0.562. The van der Waals surface area contributed by atoms with E-state index in [4.69, 9.17) is 4.74 Å². The Labute approximate surface area is 121 Å². The minimum Gasteiger partial charge on any atom is -0.374 e. The molecular weight excluding hydrogens is 250 g/mol. The van der Waals surface area contributed by atoms with Crippen molar-refractivity contribution in [3.63, 3.8) is 0 Å². The van der Waals surface area contributed by atoms with E-state index in [2.05, 4.69) is 30.3 Å². The monoisotopic (exact) mass is 273 g/mol. The number of morpholine rings is 1. The molecule has 20 heavy (non-hydrogen) atoms. The second-order valence-corrected chi connectivity index (χ2v) is 5.24. The van der Waals surface area contributed by atoms with Crippen LogP contribution in [-0.2, 0) is 4.74 Å². The highest BCUT2D eigenvalue weighted by Crippen LogP contribution is 2.30. The molecule has 1 fully saturated rings. The fourth-order valence-electron chi connectivity index (χ4n) is 2.75. The molecule has 4 heteroatoms. The summed E-state index contributed by atoms with van der Waals surface area (Å²) in [5.74, 6) is 0. The van der Waals surface area contributed by atoms with Crippen LogP contribution in [0.3, 0.4) is 0 Å². The van der Waals surface area contributed by atoms with Gasteiger partial charge in [0.1, 0.15) is 0 Å². The molecule has 1 aliphatic rings. The first-order valence-corrected chi connectivity index (χ1v) is 7.29. The van der Waals surface area contributed by atoms with Gasteiger partial charge in [0, 0.05) is 13.1 Å². The van der Waals surface area contributed by atoms with Gasteiger partial charge in [0.2, 0.25) is 0 Å². The second kappa shape index (κ2) is 7.39. The first kappa shape index (κ1) is 15.0. The van der Waals surface area contributed by atoms with Gasteiger partial charge >= 0.3 is 0 Å². The molecule has 2 atom stereocenters. The van der Waals surface area contributed by atoms with Gasteiger partial charge in [-0.15, -0.1) is 0 Å². The molecular formula is C16H23N3O. The van der Waals surface area contributed by atoms with E-state index in [0.717, 1.165) is 43.8 Å². The van der Waals surface area contributed by atoms with E-state index in [1.54, 1.807) is 0 Å². The average molecular weight is 273 g/mol. The van der Waals surface area contributed by atoms with Crippen molar-refractivity contribution < 1.29 is 4.74 Å². The summed E-state index contributed by atoms with van der Waals surface area (Å²) in [5, 5.41) is 12.7. The number of nitrogens with zero attached hydrogens (tertiary/aromatic N) is 2. The lowest BCUT2D eigenvalue weighted by Gasteiger charge is -2.40. The summed E-state index contributed by atoms with van der Waals surface area (Å²) in [6.45, 7) is 5.62. The number of nitriles is 1. The quantitative estimate of drug-likeness (QED) is 0.833. The van der Waals surface area contributed by atoms with Crippen LogP contribution in [0.4, 0.5) is 0 Å². The van der Waals surface area contributed by atoms with Crippen molar-refractivity contribution in [2.75, 3.05) is 33.3 Å². The Morgan fingerprint density at radius 3 is 3.00 bits per heavy atom. The standard InChI is InChI=1S/C16H23N3O/c1-3-8-18-12-15-16(19(2)9-10-20-15)14-7-5-4-6-13(14)11-17/h4-7,15-16,18H,3,8-10,12H2,1-2H3. The van der Waals surface area contributed by atoms with Gasteiger partial charge in [-0.1, -0.05) is 25.1 Å². The molecule has 0 saturated carbocycles. The van der Waals surface area contributed by atoms with Crippen LogP contribution >= 0.6 is 0 Å². The molecule has 0 aromatic heterocycles. The van der Waals surface area contributed by atoms with Crippen LogP contribution < -0.4 is 5.32 Å². The molecule has 2 rings (SSSR count). The predicted molar refractivity (Wildman–Crippen MR) is 79.4 cm³/mol. The van der Waals surface area contributed by atoms with Crippen molar-refractivity contribution in [2.45, 2.75) is 25.5 Å². The van der Waals surface area contributed by atoms with Gasteiger partial charge in [-0.2, -0.15) is 5.26 Å². The van der Waals surface area contributed by atoms with Crippen LogP contribution in [0, 0.1) is 11.3 Å². The third-order valence-corrected chi connectivity index (χ3v) is 3.78. The zero-order valence-electron chi connectivity index (χ0n) is 12.3. The highest BCUT2D eigenvalue weighted by atomic mass is 16.5. The molecule has 0 radical (unpaired) electrons. The highest BCUT2D eigenvalue weighted by molar-refractivity contribution is 5.40. The van der Waals surface area contributed by atoms with Crippen molar-refractivity contribution in [3.05, 3.63) is 35.4 Å². The predicted octanol–water partition coefficient (Wildman–Crippen LogP) is 1.93. The Morgan fingerprint density at radius 2 is 2.25 bits per heavy atom. The average Bonchev–Trinajstić information content (AvgIpc) is 2.48. The summed E-state index contributed by atoms with van der Waals surface area (Å²) in [6, 6.07) is 10.3. The van der Waals surface area contributed by atoms with Crippen LogP contribution in [-0.4, -0.2) is 44.3 Å². The lowest BCUT2D eigenvalue weighted by Crippen LogP contribution is -2.47. The normalized spacial score (nSPS) is 23.4. The molecule has 1 heterocycles. The molecule has 0 spiro atoms. The van der Waals surface area contributed by atoms with Gasteiger partial charge in [0.15, 0.2) is 0 Å². The number of hydrogen-bond donors (Lipinski definition) is 1. The molecule has 1 aliphatic heterocycles. The molecule has 0 amide bonds. The maximum Gasteiger partial charge on any atom is 0.0995 e. The number of rotatable bonds is 5. The Hall–Kier alpha value is -1.41. The topological polar surface area (TPSA) is 48.3 Å². The highest BCUT2D eigenvalue weighted by Gasteiger charge is 2.32. The first-order chi connectivity index (χ1) is 9.77. The number of nitrogens with one attached hydrogen (secondary N) is 1. The maximum atomic E-state index is 9.31. The van der Waals surface area contributed by atoms with Crippen molar-refractivity contribution in [3.8, 4) is 6.07 Å². The summed E-state index contributed by atoms with van der Waals surface area (Å²) in [4.78, 5) is 2.29. The van der Waals surface area contributed by atoms with Gasteiger partial charge in [-0.3, -0.25) is 4.90 Å². The van der Waals surface area contributed by atoms with Gasteiger partial charge in [0.05, 0.1) is 30.4 Å². The second-order valence-electron chi connectivity index (χ2n) is 5.24. The number of hydrogen-bond acceptors (Lipinski definition) is 4. The smallest absolute Gasteiger partial charge is 0.0995 e. The van der Waals surface area contributed by atoms with E-state index < -0.39 is 0 Å². The summed E-state index contributed by atoms with van der Waals surface area (Å²) in [6.07, 6.45) is 1.21. The molecule has 1 saturated heterocycles. The SMILES string of the molecule is CCCNCC1OCCN(C)C1c1ccccc1C#N. The van der Waals surface area contributed by atoms with Crippen LogP contribution in [0.1, 0.15) is 30.5 Å². The molecule has 108 valence electrons. The molecule has 0 aliphatic carbocycles. The molecule has 0 bridgehead atoms. The van der Waals surface area contributed by atoms with Crippen LogP contribution in [0.15, 0.2) is 24.3 Å². The lowest BCUT2D eigenvalue weighted by atomic mass is 9.94. The van der Waals surface area contributed by atoms with Gasteiger partial charge in [-0.05, 0) is 31.6 Å². The zero-order valence-corrected chi connectivity index (χ0v) is 12.3. The molecule has 1 aromatic rings. The Morgan fingerprint density at radius 1 is 1.45 bits per heavy atom. The van der Waals surface area contributed by atoms with E-state index >= 15 is 0 Å². The first-order valence-electron chi connectivity index (χ1n) is 7.29. The van der Waals surface area contributed by atoms with Crippen molar-refractivity contribution >= 4 is 0 Å². The number of benzene rings is 1. The van der Waals surface area contributed by atoms with E-state index in [1.165, 1.54) is 0 Å². The fourth-order valence-corrected chi connectivity index (χ4v) is 2.75. The maximum absolute atomic E-state index is 9.31. The van der Waals surface area contributed by atoms with Gasteiger partial charge < -0.3 is 10.1 Å². The Kier molecular flexibility index (Phi) is 5.54. The zero-order chi connectivity index (χ0) is 14.4. The molecule has 1 aromatic carbocycles. The van der Waals surface area contributed by atoms with Crippen molar-refractivity contribution in [1.82, 2.24) is 10.2 Å². The summed E-state index contributed by atoms with van der Waals surface area (Å²) >= 11 is 0. The van der Waals surface area contributed by atoms with Crippen molar-refractivity contribution in [2.24, 2.45) is 0 Å². The van der Waals surface area contributed by atoms with E-state index in [1.807, 2.05) is 24.3 Å². The number of likely N-dealkylation sites (N-methyl/N-ethyl adjacent to an activating group) is 1. The van der Waals surface area contributed by atoms with E-state index in [-0.39, 0.29) is 12.1 Å². The van der Waals surface area contributed by atoms with Crippen molar-refractivity contribution in [1.29, 1.82) is 5.26 Å². The summed E-state index contributed by atoms with van der Waals surface area (Å²) in [5.41, 5.74) is 1.82. The van der Waals surface area contributed by atoms with Crippen LogP contribution in [0.5, 0.6) is 0 Å². The molecule has 2 unspecified atom stereocenters. The molecule has 1 N–H and O–H groups in total. The van der Waals surface area contributed by atoms with E-state index in [9.17, 15) is 5.26 Å². The summed E-state index contributed by atoms with van der Waals surface area (Å²) in [7, 11) is 2.11. The van der Waals surface area contributed by atoms with Crippen LogP contribution in [0.25, 0.3) is 0 Å². The minimum absolute atomic E-state index is 0.0924. The van der Waals surface area contributed by atoms with Gasteiger partial charge in [-0.25, -0.2) is 0 Å². The summed E-state index contributed by atoms with van der Waals surface area (Å²) < 4.78 is 5.95. The minimum atomic E-state index is 0.0924.